The lowest BCUT2D eigenvalue weighted by Crippen LogP contribution is -2.50. The quantitative estimate of drug-likeness (QED) is 0.833. The second-order valence-electron chi connectivity index (χ2n) is 5.36. The lowest BCUT2D eigenvalue weighted by Gasteiger charge is -2.33. The van der Waals surface area contributed by atoms with Crippen molar-refractivity contribution in [1.82, 2.24) is 9.21 Å². The van der Waals surface area contributed by atoms with Gasteiger partial charge in [-0.05, 0) is 17.0 Å². The molecule has 0 radical (unpaired) electrons. The molecule has 1 amide bonds. The number of hydrogen-bond donors (Lipinski definition) is 0. The largest absolute Gasteiger partial charge is 0.445 e. The van der Waals surface area contributed by atoms with Gasteiger partial charge in [-0.3, -0.25) is 0 Å². The normalized spacial score (nSPS) is 16.1. The van der Waals surface area contributed by atoms with Gasteiger partial charge >= 0.3 is 6.09 Å². The van der Waals surface area contributed by atoms with Crippen molar-refractivity contribution in [3.05, 3.63) is 53.4 Å². The van der Waals surface area contributed by atoms with Crippen molar-refractivity contribution in [3.63, 3.8) is 0 Å². The molecule has 0 atom stereocenters. The van der Waals surface area contributed by atoms with Gasteiger partial charge in [-0.2, -0.15) is 4.31 Å². The molecule has 0 spiro atoms. The lowest BCUT2D eigenvalue weighted by molar-refractivity contribution is 0.0838. The minimum Gasteiger partial charge on any atom is -0.445 e. The number of nitrogens with zero attached hydrogens (tertiary/aromatic N) is 2. The van der Waals surface area contributed by atoms with Gasteiger partial charge in [-0.1, -0.05) is 36.4 Å². The minimum atomic E-state index is -3.45. The molecule has 1 aliphatic rings. The minimum absolute atomic E-state index is 0.216. The number of ether oxygens (including phenoxy) is 1. The number of amides is 1. The van der Waals surface area contributed by atoms with Gasteiger partial charge in [0.25, 0.3) is 10.0 Å². The van der Waals surface area contributed by atoms with Crippen molar-refractivity contribution in [1.29, 1.82) is 0 Å². The van der Waals surface area contributed by atoms with E-state index in [0.29, 0.717) is 17.3 Å². The molecule has 2 aromatic rings. The summed E-state index contributed by atoms with van der Waals surface area (Å²) < 4.78 is 31.9. The van der Waals surface area contributed by atoms with Crippen LogP contribution in [-0.4, -0.2) is 49.9 Å². The Hall–Kier alpha value is -1.90. The Morgan fingerprint density at radius 2 is 1.75 bits per heavy atom. The number of sulfonamides is 1. The average molecular weight is 366 g/mol. The third-order valence-corrected chi connectivity index (χ3v) is 7.06. The van der Waals surface area contributed by atoms with E-state index in [-0.39, 0.29) is 19.7 Å². The molecule has 1 aromatic carbocycles. The summed E-state index contributed by atoms with van der Waals surface area (Å²) in [5, 5.41) is 1.74. The highest BCUT2D eigenvalue weighted by Gasteiger charge is 2.31. The van der Waals surface area contributed by atoms with Crippen molar-refractivity contribution in [2.45, 2.75) is 10.8 Å². The second-order valence-corrected chi connectivity index (χ2v) is 8.48. The van der Waals surface area contributed by atoms with Crippen LogP contribution in [0.5, 0.6) is 0 Å². The van der Waals surface area contributed by atoms with Crippen LogP contribution in [0.2, 0.25) is 0 Å². The zero-order valence-electron chi connectivity index (χ0n) is 13.0. The standard InChI is InChI=1S/C16H18N2O4S2/c19-16(22-13-14-5-2-1-3-6-14)17-8-10-18(11-9-17)24(20,21)15-7-4-12-23-15/h1-7,12H,8-11,13H2. The topological polar surface area (TPSA) is 66.9 Å². The number of benzene rings is 1. The van der Waals surface area contributed by atoms with E-state index in [1.807, 2.05) is 30.3 Å². The number of hydrogen-bond acceptors (Lipinski definition) is 5. The van der Waals surface area contributed by atoms with Crippen LogP contribution in [0.3, 0.4) is 0 Å². The van der Waals surface area contributed by atoms with Gasteiger partial charge in [-0.25, -0.2) is 13.2 Å². The summed E-state index contributed by atoms with van der Waals surface area (Å²) in [5.74, 6) is 0. The summed E-state index contributed by atoms with van der Waals surface area (Å²) in [6.07, 6.45) is -0.410. The summed E-state index contributed by atoms with van der Waals surface area (Å²) in [6, 6.07) is 12.8. The van der Waals surface area contributed by atoms with E-state index < -0.39 is 16.1 Å². The molecule has 1 aliphatic heterocycles. The van der Waals surface area contributed by atoms with Gasteiger partial charge in [0, 0.05) is 26.2 Å². The van der Waals surface area contributed by atoms with Crippen molar-refractivity contribution in [3.8, 4) is 0 Å². The molecule has 0 unspecified atom stereocenters. The maximum atomic E-state index is 12.4. The second kappa shape index (κ2) is 7.33. The molecule has 128 valence electrons. The molecular weight excluding hydrogens is 348 g/mol. The molecule has 0 aliphatic carbocycles. The predicted molar refractivity (Wildman–Crippen MR) is 91.3 cm³/mol. The third-order valence-electron chi connectivity index (χ3n) is 3.79. The Morgan fingerprint density at radius 1 is 1.04 bits per heavy atom. The Kier molecular flexibility index (Phi) is 5.17. The summed E-state index contributed by atoms with van der Waals surface area (Å²) in [5.41, 5.74) is 0.921. The Bertz CT molecular complexity index is 768. The molecule has 1 aromatic heterocycles. The first-order chi connectivity index (χ1) is 11.6. The highest BCUT2D eigenvalue weighted by Crippen LogP contribution is 2.22. The molecule has 1 fully saturated rings. The van der Waals surface area contributed by atoms with E-state index in [2.05, 4.69) is 0 Å². The molecule has 1 saturated heterocycles. The Labute approximate surface area is 145 Å². The van der Waals surface area contributed by atoms with Crippen LogP contribution in [0, 0.1) is 0 Å². The van der Waals surface area contributed by atoms with Gasteiger partial charge < -0.3 is 9.64 Å². The van der Waals surface area contributed by atoms with Gasteiger partial charge in [0.05, 0.1) is 0 Å². The highest BCUT2D eigenvalue weighted by atomic mass is 32.2. The number of carbonyl (C=O) groups excluding carboxylic acids is 1. The lowest BCUT2D eigenvalue weighted by atomic mass is 10.2. The molecular formula is C16H18N2O4S2. The smallest absolute Gasteiger partial charge is 0.410 e. The number of rotatable bonds is 4. The molecule has 24 heavy (non-hydrogen) atoms. The van der Waals surface area contributed by atoms with Crippen molar-refractivity contribution in [2.24, 2.45) is 0 Å². The first-order valence-electron chi connectivity index (χ1n) is 7.56. The summed E-state index contributed by atoms with van der Waals surface area (Å²) in [6.45, 7) is 1.44. The fourth-order valence-electron chi connectivity index (χ4n) is 2.46. The van der Waals surface area contributed by atoms with Gasteiger partial charge in [0.1, 0.15) is 10.8 Å². The molecule has 0 bridgehead atoms. The van der Waals surface area contributed by atoms with Crippen molar-refractivity contribution >= 4 is 27.5 Å². The van der Waals surface area contributed by atoms with E-state index in [1.54, 1.807) is 22.4 Å². The van der Waals surface area contributed by atoms with E-state index in [1.165, 1.54) is 15.6 Å². The van der Waals surface area contributed by atoms with Gasteiger partial charge in [0.2, 0.25) is 0 Å². The summed E-state index contributed by atoms with van der Waals surface area (Å²) >= 11 is 1.20. The van der Waals surface area contributed by atoms with Crippen LogP contribution in [0.15, 0.2) is 52.1 Å². The predicted octanol–water partition coefficient (Wildman–Crippen LogP) is 2.39. The molecule has 3 rings (SSSR count). The van der Waals surface area contributed by atoms with E-state index in [9.17, 15) is 13.2 Å². The first-order valence-corrected chi connectivity index (χ1v) is 9.88. The van der Waals surface area contributed by atoms with Crippen molar-refractivity contribution in [2.75, 3.05) is 26.2 Å². The monoisotopic (exact) mass is 366 g/mol. The number of piperazine rings is 1. The van der Waals surface area contributed by atoms with E-state index in [4.69, 9.17) is 4.74 Å². The molecule has 6 nitrogen and oxygen atoms in total. The maximum Gasteiger partial charge on any atom is 0.410 e. The fourth-order valence-corrected chi connectivity index (χ4v) is 5.03. The van der Waals surface area contributed by atoms with Crippen LogP contribution in [0.25, 0.3) is 0 Å². The van der Waals surface area contributed by atoms with Crippen molar-refractivity contribution < 1.29 is 17.9 Å². The van der Waals surface area contributed by atoms with Crippen LogP contribution >= 0.6 is 11.3 Å². The van der Waals surface area contributed by atoms with Crippen LogP contribution in [0.4, 0.5) is 4.79 Å². The SMILES string of the molecule is O=C(OCc1ccccc1)N1CCN(S(=O)(=O)c2cccs2)CC1. The van der Waals surface area contributed by atoms with E-state index >= 15 is 0 Å². The van der Waals surface area contributed by atoms with Gasteiger partial charge in [0.15, 0.2) is 0 Å². The summed E-state index contributed by atoms with van der Waals surface area (Å²) in [7, 11) is -3.45. The maximum absolute atomic E-state index is 12.4. The molecule has 0 saturated carbocycles. The first kappa shape index (κ1) is 16.9. The van der Waals surface area contributed by atoms with Gasteiger partial charge in [-0.15, -0.1) is 11.3 Å². The van der Waals surface area contributed by atoms with E-state index in [0.717, 1.165) is 5.56 Å². The Morgan fingerprint density at radius 3 is 2.38 bits per heavy atom. The Balaban J connectivity index is 1.52. The van der Waals surface area contributed by atoms with Crippen LogP contribution in [0.1, 0.15) is 5.56 Å². The molecule has 0 N–H and O–H groups in total. The highest BCUT2D eigenvalue weighted by molar-refractivity contribution is 7.91. The summed E-state index contributed by atoms with van der Waals surface area (Å²) in [4.78, 5) is 13.6. The number of carbonyl (C=O) groups is 1. The van der Waals surface area contributed by atoms with Crippen LogP contribution < -0.4 is 0 Å². The fraction of sp³-hybridized carbons (Fsp3) is 0.312. The third kappa shape index (κ3) is 3.77. The molecule has 2 heterocycles. The zero-order valence-corrected chi connectivity index (χ0v) is 14.6. The molecule has 8 heteroatoms. The van der Waals surface area contributed by atoms with Crippen LogP contribution in [-0.2, 0) is 21.4 Å². The number of thiophene rings is 1. The zero-order chi connectivity index (χ0) is 17.0. The average Bonchev–Trinajstić information content (AvgIpc) is 3.16.